The SMILES string of the molecule is CC(C)Oc1ccc(CN2CCN(C(=O)O)CC2)cc1. The molecule has 1 N–H and O–H groups in total. The summed E-state index contributed by atoms with van der Waals surface area (Å²) in [5.41, 5.74) is 1.23. The minimum Gasteiger partial charge on any atom is -0.491 e. The molecule has 1 saturated heterocycles. The van der Waals surface area contributed by atoms with Crippen LogP contribution in [0.4, 0.5) is 4.79 Å². The third-order valence-electron chi connectivity index (χ3n) is 3.34. The molecule has 1 heterocycles. The van der Waals surface area contributed by atoms with Gasteiger partial charge in [-0.15, -0.1) is 0 Å². The third-order valence-corrected chi connectivity index (χ3v) is 3.34. The van der Waals surface area contributed by atoms with E-state index in [-0.39, 0.29) is 6.10 Å². The molecule has 110 valence electrons. The van der Waals surface area contributed by atoms with E-state index in [0.717, 1.165) is 25.4 Å². The van der Waals surface area contributed by atoms with Crippen LogP contribution in [0.2, 0.25) is 0 Å². The third kappa shape index (κ3) is 4.13. The maximum atomic E-state index is 10.8. The average Bonchev–Trinajstić information content (AvgIpc) is 2.41. The molecule has 1 aromatic carbocycles. The molecule has 0 aromatic heterocycles. The molecule has 0 spiro atoms. The monoisotopic (exact) mass is 278 g/mol. The number of hydrogen-bond acceptors (Lipinski definition) is 3. The van der Waals surface area contributed by atoms with Gasteiger partial charge in [-0.2, -0.15) is 0 Å². The van der Waals surface area contributed by atoms with Gasteiger partial charge in [0.05, 0.1) is 6.10 Å². The first-order valence-electron chi connectivity index (χ1n) is 7.00. The molecule has 5 heteroatoms. The first kappa shape index (κ1) is 14.7. The van der Waals surface area contributed by atoms with Crippen molar-refractivity contribution < 1.29 is 14.6 Å². The van der Waals surface area contributed by atoms with Crippen LogP contribution in [0.3, 0.4) is 0 Å². The number of piperazine rings is 1. The number of carbonyl (C=O) groups is 1. The van der Waals surface area contributed by atoms with Crippen LogP contribution in [0.25, 0.3) is 0 Å². The van der Waals surface area contributed by atoms with E-state index in [1.165, 1.54) is 10.5 Å². The molecule has 1 aromatic rings. The molecule has 0 unspecified atom stereocenters. The summed E-state index contributed by atoms with van der Waals surface area (Å²) in [6, 6.07) is 8.12. The van der Waals surface area contributed by atoms with Gasteiger partial charge in [-0.3, -0.25) is 4.90 Å². The van der Waals surface area contributed by atoms with E-state index in [1.54, 1.807) is 0 Å². The van der Waals surface area contributed by atoms with Gasteiger partial charge in [0.1, 0.15) is 5.75 Å². The summed E-state index contributed by atoms with van der Waals surface area (Å²) in [7, 11) is 0. The van der Waals surface area contributed by atoms with Gasteiger partial charge < -0.3 is 14.7 Å². The molecule has 0 atom stereocenters. The molecular formula is C15H22N2O3. The van der Waals surface area contributed by atoms with Crippen LogP contribution in [0.5, 0.6) is 5.75 Å². The molecular weight excluding hydrogens is 256 g/mol. The Morgan fingerprint density at radius 1 is 1.20 bits per heavy atom. The van der Waals surface area contributed by atoms with Gasteiger partial charge in [0, 0.05) is 32.7 Å². The minimum atomic E-state index is -0.820. The quantitative estimate of drug-likeness (QED) is 0.918. The van der Waals surface area contributed by atoms with Gasteiger partial charge in [-0.05, 0) is 31.5 Å². The molecule has 1 aliphatic heterocycles. The molecule has 0 bridgehead atoms. The van der Waals surface area contributed by atoms with Crippen LogP contribution in [0.1, 0.15) is 19.4 Å². The summed E-state index contributed by atoms with van der Waals surface area (Å²) in [5.74, 6) is 0.888. The van der Waals surface area contributed by atoms with Crippen molar-refractivity contribution in [3.8, 4) is 5.75 Å². The second-order valence-corrected chi connectivity index (χ2v) is 5.36. The van der Waals surface area contributed by atoms with E-state index < -0.39 is 6.09 Å². The Morgan fingerprint density at radius 2 is 1.80 bits per heavy atom. The van der Waals surface area contributed by atoms with Crippen LogP contribution < -0.4 is 4.74 Å². The van der Waals surface area contributed by atoms with E-state index in [0.29, 0.717) is 13.1 Å². The van der Waals surface area contributed by atoms with Crippen molar-refractivity contribution in [3.63, 3.8) is 0 Å². The lowest BCUT2D eigenvalue weighted by molar-refractivity contribution is 0.103. The highest BCUT2D eigenvalue weighted by atomic mass is 16.5. The molecule has 1 aliphatic rings. The zero-order valence-corrected chi connectivity index (χ0v) is 12.1. The number of amides is 1. The molecule has 2 rings (SSSR count). The van der Waals surface area contributed by atoms with E-state index in [9.17, 15) is 4.79 Å². The predicted octanol–water partition coefficient (Wildman–Crippen LogP) is 2.27. The van der Waals surface area contributed by atoms with Gasteiger partial charge >= 0.3 is 6.09 Å². The zero-order chi connectivity index (χ0) is 14.5. The molecule has 1 amide bonds. The van der Waals surface area contributed by atoms with E-state index >= 15 is 0 Å². The van der Waals surface area contributed by atoms with Gasteiger partial charge in [0.15, 0.2) is 0 Å². The van der Waals surface area contributed by atoms with E-state index in [2.05, 4.69) is 17.0 Å². The topological polar surface area (TPSA) is 53.0 Å². The first-order valence-corrected chi connectivity index (χ1v) is 7.00. The van der Waals surface area contributed by atoms with Crippen LogP contribution in [0.15, 0.2) is 24.3 Å². The summed E-state index contributed by atoms with van der Waals surface area (Å²) < 4.78 is 5.61. The predicted molar refractivity (Wildman–Crippen MR) is 77.1 cm³/mol. The summed E-state index contributed by atoms with van der Waals surface area (Å²) in [4.78, 5) is 14.6. The van der Waals surface area contributed by atoms with Crippen molar-refractivity contribution in [1.29, 1.82) is 0 Å². The van der Waals surface area contributed by atoms with Crippen molar-refractivity contribution in [3.05, 3.63) is 29.8 Å². The Morgan fingerprint density at radius 3 is 2.30 bits per heavy atom. The van der Waals surface area contributed by atoms with Gasteiger partial charge in [0.25, 0.3) is 0 Å². The fraction of sp³-hybridized carbons (Fsp3) is 0.533. The van der Waals surface area contributed by atoms with E-state index in [4.69, 9.17) is 9.84 Å². The summed E-state index contributed by atoms with van der Waals surface area (Å²) in [5, 5.41) is 8.91. The van der Waals surface area contributed by atoms with Crippen LogP contribution in [-0.4, -0.2) is 53.3 Å². The fourth-order valence-electron chi connectivity index (χ4n) is 2.30. The largest absolute Gasteiger partial charge is 0.491 e. The number of rotatable bonds is 4. The van der Waals surface area contributed by atoms with Crippen LogP contribution in [0, 0.1) is 0 Å². The number of ether oxygens (including phenoxy) is 1. The molecule has 20 heavy (non-hydrogen) atoms. The lowest BCUT2D eigenvalue weighted by atomic mass is 10.2. The smallest absolute Gasteiger partial charge is 0.407 e. The van der Waals surface area contributed by atoms with Crippen molar-refractivity contribution in [2.75, 3.05) is 26.2 Å². The highest BCUT2D eigenvalue weighted by Crippen LogP contribution is 2.15. The molecule has 1 fully saturated rings. The van der Waals surface area contributed by atoms with Crippen LogP contribution >= 0.6 is 0 Å². The number of carboxylic acid groups (broad SMARTS) is 1. The highest BCUT2D eigenvalue weighted by molar-refractivity contribution is 5.65. The van der Waals surface area contributed by atoms with Crippen molar-refractivity contribution in [2.24, 2.45) is 0 Å². The lowest BCUT2D eigenvalue weighted by Crippen LogP contribution is -2.47. The zero-order valence-electron chi connectivity index (χ0n) is 12.1. The summed E-state index contributed by atoms with van der Waals surface area (Å²) >= 11 is 0. The lowest BCUT2D eigenvalue weighted by Gasteiger charge is -2.33. The Balaban J connectivity index is 1.83. The fourth-order valence-corrected chi connectivity index (χ4v) is 2.30. The Bertz CT molecular complexity index is 437. The molecule has 0 aliphatic carbocycles. The molecule has 5 nitrogen and oxygen atoms in total. The molecule has 0 saturated carbocycles. The van der Waals surface area contributed by atoms with Gasteiger partial charge in [-0.1, -0.05) is 12.1 Å². The maximum Gasteiger partial charge on any atom is 0.407 e. The first-order chi connectivity index (χ1) is 9.54. The van der Waals surface area contributed by atoms with Crippen molar-refractivity contribution >= 4 is 6.09 Å². The summed E-state index contributed by atoms with van der Waals surface area (Å²) in [6.45, 7) is 7.63. The number of hydrogen-bond donors (Lipinski definition) is 1. The number of nitrogens with zero attached hydrogens (tertiary/aromatic N) is 2. The second-order valence-electron chi connectivity index (χ2n) is 5.36. The van der Waals surface area contributed by atoms with Gasteiger partial charge in [-0.25, -0.2) is 4.79 Å². The Labute approximate surface area is 119 Å². The highest BCUT2D eigenvalue weighted by Gasteiger charge is 2.20. The minimum absolute atomic E-state index is 0.185. The van der Waals surface area contributed by atoms with Gasteiger partial charge in [0.2, 0.25) is 0 Å². The van der Waals surface area contributed by atoms with E-state index in [1.807, 2.05) is 26.0 Å². The maximum absolute atomic E-state index is 10.8. The Hall–Kier alpha value is -1.75. The van der Waals surface area contributed by atoms with Crippen LogP contribution in [-0.2, 0) is 6.54 Å². The summed E-state index contributed by atoms with van der Waals surface area (Å²) in [6.07, 6.45) is -0.634. The number of benzene rings is 1. The average molecular weight is 278 g/mol. The normalized spacial score (nSPS) is 16.4. The van der Waals surface area contributed by atoms with Crippen molar-refractivity contribution in [2.45, 2.75) is 26.5 Å². The van der Waals surface area contributed by atoms with Crippen molar-refractivity contribution in [1.82, 2.24) is 9.80 Å². The Kier molecular flexibility index (Phi) is 4.84. The second kappa shape index (κ2) is 6.61. The standard InChI is InChI=1S/C15H22N2O3/c1-12(2)20-14-5-3-13(4-6-14)11-16-7-9-17(10-8-16)15(18)19/h3-6,12H,7-11H2,1-2H3,(H,18,19). The molecule has 0 radical (unpaired) electrons.